The maximum Gasteiger partial charge on any atom is 0.217 e. The summed E-state index contributed by atoms with van der Waals surface area (Å²) >= 11 is 0. The molecule has 0 spiro atoms. The molecule has 3 aliphatic rings. The van der Waals surface area contributed by atoms with Crippen LogP contribution in [0.15, 0.2) is 18.3 Å². The highest BCUT2D eigenvalue weighted by Crippen LogP contribution is 2.37. The van der Waals surface area contributed by atoms with Crippen LogP contribution in [0.4, 0.5) is 0 Å². The number of pyridine rings is 1. The van der Waals surface area contributed by atoms with Gasteiger partial charge in [-0.2, -0.15) is 0 Å². The summed E-state index contributed by atoms with van der Waals surface area (Å²) in [4.78, 5) is 22.1. The Bertz CT molecular complexity index is 992. The summed E-state index contributed by atoms with van der Waals surface area (Å²) in [6.45, 7) is 12.7. The molecule has 192 valence electrons. The molecule has 0 unspecified atom stereocenters. The molecule has 1 saturated carbocycles. The molecular weight excluding hydrogens is 434 g/mol. The van der Waals surface area contributed by atoms with E-state index >= 15 is 0 Å². The smallest absolute Gasteiger partial charge is 0.217 e. The molecular formula is C29H45N5O. The predicted molar refractivity (Wildman–Crippen MR) is 142 cm³/mol. The van der Waals surface area contributed by atoms with E-state index in [-0.39, 0.29) is 5.91 Å². The van der Waals surface area contributed by atoms with Crippen LogP contribution in [0.25, 0.3) is 11.0 Å². The summed E-state index contributed by atoms with van der Waals surface area (Å²) in [5, 5.41) is 4.40. The second-order valence-electron chi connectivity index (χ2n) is 11.6. The van der Waals surface area contributed by atoms with E-state index in [1.54, 1.807) is 6.92 Å². The van der Waals surface area contributed by atoms with Gasteiger partial charge in [-0.1, -0.05) is 13.8 Å². The zero-order valence-electron chi connectivity index (χ0n) is 22.1. The predicted octanol–water partition coefficient (Wildman–Crippen LogP) is 5.12. The molecule has 1 N–H and O–H groups in total. The number of aromatic nitrogens is 2. The van der Waals surface area contributed by atoms with E-state index in [9.17, 15) is 4.79 Å². The lowest BCUT2D eigenvalue weighted by molar-refractivity contribution is -0.119. The van der Waals surface area contributed by atoms with Gasteiger partial charge in [-0.15, -0.1) is 0 Å². The van der Waals surface area contributed by atoms with Crippen molar-refractivity contribution in [2.24, 2.45) is 11.8 Å². The SMILES string of the molecule is CC(=O)NCc1c(CN2CCCC2)c2cccnc2n1C1CCN([C@H]2CC[C@@H](C(C)C)CC2)CC1. The molecule has 2 aliphatic heterocycles. The van der Waals surface area contributed by atoms with E-state index in [1.807, 2.05) is 6.20 Å². The minimum atomic E-state index is 0.0358. The monoisotopic (exact) mass is 479 g/mol. The summed E-state index contributed by atoms with van der Waals surface area (Å²) < 4.78 is 2.52. The number of rotatable bonds is 7. The second-order valence-corrected chi connectivity index (χ2v) is 11.6. The third-order valence-corrected chi connectivity index (χ3v) is 9.13. The van der Waals surface area contributed by atoms with Crippen molar-refractivity contribution < 1.29 is 4.79 Å². The van der Waals surface area contributed by atoms with Crippen LogP contribution in [-0.2, 0) is 17.9 Å². The van der Waals surface area contributed by atoms with Gasteiger partial charge >= 0.3 is 0 Å². The van der Waals surface area contributed by atoms with Gasteiger partial charge in [0.2, 0.25) is 5.91 Å². The first-order valence-electron chi connectivity index (χ1n) is 14.2. The maximum atomic E-state index is 11.9. The highest BCUT2D eigenvalue weighted by molar-refractivity contribution is 5.83. The Morgan fingerprint density at radius 1 is 1.03 bits per heavy atom. The van der Waals surface area contributed by atoms with E-state index in [0.717, 1.165) is 30.1 Å². The number of nitrogens with zero attached hydrogens (tertiary/aromatic N) is 4. The molecule has 5 rings (SSSR count). The van der Waals surface area contributed by atoms with E-state index in [4.69, 9.17) is 4.98 Å². The fraction of sp³-hybridized carbons (Fsp3) is 0.724. The molecule has 6 nitrogen and oxygen atoms in total. The molecule has 35 heavy (non-hydrogen) atoms. The Labute approximate surface area is 211 Å². The summed E-state index contributed by atoms with van der Waals surface area (Å²) in [6, 6.07) is 5.53. The van der Waals surface area contributed by atoms with Crippen molar-refractivity contribution in [1.82, 2.24) is 24.7 Å². The van der Waals surface area contributed by atoms with Crippen molar-refractivity contribution in [3.05, 3.63) is 29.6 Å². The summed E-state index contributed by atoms with van der Waals surface area (Å²) in [5.41, 5.74) is 3.76. The lowest BCUT2D eigenvalue weighted by Gasteiger charge is -2.42. The first kappa shape index (κ1) is 24.8. The molecule has 1 aliphatic carbocycles. The van der Waals surface area contributed by atoms with E-state index in [2.05, 4.69) is 45.7 Å². The van der Waals surface area contributed by atoms with E-state index in [0.29, 0.717) is 12.6 Å². The first-order valence-corrected chi connectivity index (χ1v) is 14.2. The number of carbonyl (C=O) groups excluding carboxylic acids is 1. The lowest BCUT2D eigenvalue weighted by Crippen LogP contribution is -2.44. The number of piperidine rings is 1. The third-order valence-electron chi connectivity index (χ3n) is 9.13. The maximum absolute atomic E-state index is 11.9. The number of amides is 1. The Hall–Kier alpha value is -1.92. The van der Waals surface area contributed by atoms with Crippen LogP contribution in [0.1, 0.15) is 89.4 Å². The van der Waals surface area contributed by atoms with Crippen LogP contribution in [0.3, 0.4) is 0 Å². The van der Waals surface area contributed by atoms with E-state index in [1.165, 1.54) is 94.2 Å². The summed E-state index contributed by atoms with van der Waals surface area (Å²) in [5.74, 6) is 1.79. The molecule has 2 saturated heterocycles. The highest BCUT2D eigenvalue weighted by Gasteiger charge is 2.32. The number of carbonyl (C=O) groups is 1. The Kier molecular flexibility index (Phi) is 7.78. The Morgan fingerprint density at radius 2 is 1.74 bits per heavy atom. The summed E-state index contributed by atoms with van der Waals surface area (Å²) in [6.07, 6.45) is 12.4. The fourth-order valence-electron chi connectivity index (χ4n) is 7.03. The minimum Gasteiger partial charge on any atom is -0.351 e. The van der Waals surface area contributed by atoms with Gasteiger partial charge in [0.25, 0.3) is 0 Å². The molecule has 2 aromatic rings. The van der Waals surface area contributed by atoms with Crippen LogP contribution in [0, 0.1) is 11.8 Å². The van der Waals surface area contributed by atoms with Crippen molar-refractivity contribution >= 4 is 16.9 Å². The standard InChI is InChI=1S/C29H45N5O/c1-21(2)23-8-10-24(11-9-23)33-17-12-25(13-18-33)34-28(19-31-22(3)35)27(20-32-15-4-5-16-32)26-7-6-14-30-29(26)34/h6-7,14,21,23-25H,4-5,8-13,15-20H2,1-3H3,(H,31,35)/t23-,24+. The van der Waals surface area contributed by atoms with Gasteiger partial charge in [0, 0.05) is 55.9 Å². The fourth-order valence-corrected chi connectivity index (χ4v) is 7.03. The molecule has 4 heterocycles. The molecule has 6 heteroatoms. The van der Waals surface area contributed by atoms with Crippen LogP contribution < -0.4 is 5.32 Å². The quantitative estimate of drug-likeness (QED) is 0.599. The minimum absolute atomic E-state index is 0.0358. The normalized spacial score (nSPS) is 25.0. The highest BCUT2D eigenvalue weighted by atomic mass is 16.1. The van der Waals surface area contributed by atoms with Crippen LogP contribution in [0.2, 0.25) is 0 Å². The number of hydrogen-bond acceptors (Lipinski definition) is 4. The number of nitrogens with one attached hydrogen (secondary N) is 1. The van der Waals surface area contributed by atoms with Crippen LogP contribution >= 0.6 is 0 Å². The molecule has 0 aromatic carbocycles. The Morgan fingerprint density at radius 3 is 2.40 bits per heavy atom. The van der Waals surface area contributed by atoms with Gasteiger partial charge < -0.3 is 14.8 Å². The number of hydrogen-bond donors (Lipinski definition) is 1. The zero-order chi connectivity index (χ0) is 24.4. The molecule has 3 fully saturated rings. The molecule has 0 atom stereocenters. The van der Waals surface area contributed by atoms with Crippen molar-refractivity contribution in [2.75, 3.05) is 26.2 Å². The zero-order valence-corrected chi connectivity index (χ0v) is 22.1. The van der Waals surface area contributed by atoms with Gasteiger partial charge in [-0.25, -0.2) is 4.98 Å². The van der Waals surface area contributed by atoms with Gasteiger partial charge in [0.05, 0.1) is 6.54 Å². The second kappa shape index (κ2) is 11.0. The lowest BCUT2D eigenvalue weighted by atomic mass is 9.79. The topological polar surface area (TPSA) is 53.4 Å². The van der Waals surface area contributed by atoms with Crippen molar-refractivity contribution in [3.63, 3.8) is 0 Å². The molecule has 0 radical (unpaired) electrons. The van der Waals surface area contributed by atoms with Gasteiger partial charge in [0.1, 0.15) is 5.65 Å². The van der Waals surface area contributed by atoms with Crippen LogP contribution in [0.5, 0.6) is 0 Å². The van der Waals surface area contributed by atoms with Gasteiger partial charge in [-0.05, 0) is 94.0 Å². The van der Waals surface area contributed by atoms with Crippen molar-refractivity contribution in [2.45, 2.75) is 97.3 Å². The summed E-state index contributed by atoms with van der Waals surface area (Å²) in [7, 11) is 0. The average Bonchev–Trinajstić information content (AvgIpc) is 3.49. The van der Waals surface area contributed by atoms with Crippen LogP contribution in [-0.4, -0.2) is 57.5 Å². The van der Waals surface area contributed by atoms with Gasteiger partial charge in [-0.3, -0.25) is 9.69 Å². The molecule has 0 bridgehead atoms. The average molecular weight is 480 g/mol. The first-order chi connectivity index (χ1) is 17.0. The Balaban J connectivity index is 1.36. The molecule has 1 amide bonds. The third kappa shape index (κ3) is 5.43. The van der Waals surface area contributed by atoms with Crippen molar-refractivity contribution in [1.29, 1.82) is 0 Å². The number of fused-ring (bicyclic) bond motifs is 1. The van der Waals surface area contributed by atoms with Crippen molar-refractivity contribution in [3.8, 4) is 0 Å². The number of likely N-dealkylation sites (tertiary alicyclic amines) is 2. The largest absolute Gasteiger partial charge is 0.351 e. The van der Waals surface area contributed by atoms with E-state index < -0.39 is 0 Å². The van der Waals surface area contributed by atoms with Gasteiger partial charge in [0.15, 0.2) is 0 Å². The molecule has 2 aromatic heterocycles.